The van der Waals surface area contributed by atoms with Gasteiger partial charge in [0.1, 0.15) is 5.82 Å². The summed E-state index contributed by atoms with van der Waals surface area (Å²) >= 11 is 0. The third kappa shape index (κ3) is 1.53. The molecule has 1 saturated carbocycles. The van der Waals surface area contributed by atoms with Gasteiger partial charge in [0.25, 0.3) is 0 Å². The van der Waals surface area contributed by atoms with Crippen LogP contribution in [0.25, 0.3) is 0 Å². The third-order valence-corrected chi connectivity index (χ3v) is 1.89. The number of nitrogens with two attached hydrogens (primary N) is 1. The fraction of sp³-hybridized carbons (Fsp3) is 0.500. The highest BCUT2D eigenvalue weighted by Crippen LogP contribution is 2.24. The monoisotopic (exact) mass is 164 g/mol. The van der Waals surface area contributed by atoms with Gasteiger partial charge in [-0.05, 0) is 12.8 Å². The van der Waals surface area contributed by atoms with Gasteiger partial charge in [-0.15, -0.1) is 0 Å². The lowest BCUT2D eigenvalue weighted by Crippen LogP contribution is -2.10. The second kappa shape index (κ2) is 3.06. The van der Waals surface area contributed by atoms with E-state index in [0.717, 1.165) is 11.5 Å². The van der Waals surface area contributed by atoms with Gasteiger partial charge >= 0.3 is 0 Å². The van der Waals surface area contributed by atoms with Crippen LogP contribution in [0.3, 0.4) is 0 Å². The minimum atomic E-state index is 0.447. The van der Waals surface area contributed by atoms with E-state index in [2.05, 4.69) is 15.3 Å². The smallest absolute Gasteiger partial charge is 0.149 e. The number of hydrogen-bond donors (Lipinski definition) is 2. The Morgan fingerprint density at radius 3 is 2.83 bits per heavy atom. The molecule has 0 aliphatic heterocycles. The molecule has 1 aromatic heterocycles. The summed E-state index contributed by atoms with van der Waals surface area (Å²) in [5.74, 6) is 0.850. The maximum absolute atomic E-state index is 5.50. The van der Waals surface area contributed by atoms with Crippen molar-refractivity contribution in [2.45, 2.75) is 25.4 Å². The topological polar surface area (TPSA) is 63.8 Å². The summed E-state index contributed by atoms with van der Waals surface area (Å²) < 4.78 is 0. The van der Waals surface area contributed by atoms with Crippen LogP contribution in [0.15, 0.2) is 12.4 Å². The normalized spacial score (nSPS) is 16.1. The molecule has 0 spiro atoms. The molecule has 12 heavy (non-hydrogen) atoms. The Labute approximate surface area is 71.2 Å². The van der Waals surface area contributed by atoms with Gasteiger partial charge in [-0.2, -0.15) is 0 Å². The summed E-state index contributed by atoms with van der Waals surface area (Å²) in [7, 11) is 0. The highest BCUT2D eigenvalue weighted by molar-refractivity contribution is 5.41. The molecule has 0 amide bonds. The van der Waals surface area contributed by atoms with E-state index in [4.69, 9.17) is 5.73 Å². The fourth-order valence-electron chi connectivity index (χ4n) is 1.06. The third-order valence-electron chi connectivity index (χ3n) is 1.89. The minimum Gasteiger partial charge on any atom is -0.366 e. The van der Waals surface area contributed by atoms with Gasteiger partial charge in [-0.25, -0.2) is 4.98 Å². The van der Waals surface area contributed by atoms with Gasteiger partial charge in [0.2, 0.25) is 0 Å². The molecule has 1 aromatic rings. The molecular formula is C8H12N4. The molecule has 0 bridgehead atoms. The Morgan fingerprint density at radius 1 is 1.42 bits per heavy atom. The lowest BCUT2D eigenvalue weighted by Gasteiger charge is -2.06. The van der Waals surface area contributed by atoms with Crippen LogP contribution in [0.1, 0.15) is 18.5 Å². The molecule has 3 N–H and O–H groups in total. The van der Waals surface area contributed by atoms with Crippen molar-refractivity contribution in [2.24, 2.45) is 5.73 Å². The first-order valence-electron chi connectivity index (χ1n) is 4.16. The largest absolute Gasteiger partial charge is 0.366 e. The predicted molar refractivity (Wildman–Crippen MR) is 46.6 cm³/mol. The first-order valence-corrected chi connectivity index (χ1v) is 4.16. The summed E-state index contributed by atoms with van der Waals surface area (Å²) in [5, 5.41) is 3.28. The number of nitrogens with zero attached hydrogens (tertiary/aromatic N) is 2. The zero-order valence-corrected chi connectivity index (χ0v) is 6.83. The fourth-order valence-corrected chi connectivity index (χ4v) is 1.06. The van der Waals surface area contributed by atoms with E-state index in [0.29, 0.717) is 12.6 Å². The maximum Gasteiger partial charge on any atom is 0.149 e. The van der Waals surface area contributed by atoms with E-state index in [9.17, 15) is 0 Å². The molecule has 1 fully saturated rings. The number of rotatable bonds is 3. The van der Waals surface area contributed by atoms with Crippen molar-refractivity contribution in [3.8, 4) is 0 Å². The number of aromatic nitrogens is 2. The molecule has 0 aromatic carbocycles. The van der Waals surface area contributed by atoms with Crippen molar-refractivity contribution >= 4 is 5.82 Å². The summed E-state index contributed by atoms with van der Waals surface area (Å²) in [6, 6.07) is 0.604. The predicted octanol–water partition coefficient (Wildman–Crippen LogP) is 0.510. The molecule has 0 unspecified atom stereocenters. The van der Waals surface area contributed by atoms with Gasteiger partial charge in [-0.3, -0.25) is 4.98 Å². The average Bonchev–Trinajstić information content (AvgIpc) is 2.89. The molecular weight excluding hydrogens is 152 g/mol. The Morgan fingerprint density at radius 2 is 2.17 bits per heavy atom. The van der Waals surface area contributed by atoms with Gasteiger partial charge < -0.3 is 11.1 Å². The molecule has 4 nitrogen and oxygen atoms in total. The van der Waals surface area contributed by atoms with Crippen molar-refractivity contribution in [2.75, 3.05) is 5.32 Å². The molecule has 1 aliphatic rings. The molecule has 1 heterocycles. The second-order valence-electron chi connectivity index (χ2n) is 2.97. The first-order chi connectivity index (χ1) is 5.90. The molecule has 64 valence electrons. The van der Waals surface area contributed by atoms with Crippen LogP contribution in [0.2, 0.25) is 0 Å². The first kappa shape index (κ1) is 7.49. The number of anilines is 1. The van der Waals surface area contributed by atoms with Crippen molar-refractivity contribution < 1.29 is 0 Å². The highest BCUT2D eigenvalue weighted by Gasteiger charge is 2.22. The Balaban J connectivity index is 2.15. The molecule has 2 rings (SSSR count). The van der Waals surface area contributed by atoms with Crippen LogP contribution in [-0.2, 0) is 6.54 Å². The summed E-state index contributed by atoms with van der Waals surface area (Å²) in [4.78, 5) is 8.30. The molecule has 0 radical (unpaired) electrons. The number of hydrogen-bond acceptors (Lipinski definition) is 4. The van der Waals surface area contributed by atoms with Crippen LogP contribution in [0, 0.1) is 0 Å². The van der Waals surface area contributed by atoms with Crippen LogP contribution >= 0.6 is 0 Å². The van der Waals surface area contributed by atoms with E-state index in [1.807, 2.05) is 0 Å². The van der Waals surface area contributed by atoms with Crippen molar-refractivity contribution in [1.82, 2.24) is 9.97 Å². The molecule has 4 heteroatoms. The number of nitrogens with one attached hydrogen (secondary N) is 1. The SMILES string of the molecule is NCc1nccnc1NC1CC1. The van der Waals surface area contributed by atoms with Gasteiger partial charge in [-0.1, -0.05) is 0 Å². The Hall–Kier alpha value is -1.16. The lowest BCUT2D eigenvalue weighted by molar-refractivity contribution is 0.949. The molecule has 1 aliphatic carbocycles. The van der Waals surface area contributed by atoms with Crippen molar-refractivity contribution in [1.29, 1.82) is 0 Å². The van der Waals surface area contributed by atoms with Crippen LogP contribution in [-0.4, -0.2) is 16.0 Å². The van der Waals surface area contributed by atoms with Gasteiger partial charge in [0.15, 0.2) is 0 Å². The Bertz CT molecular complexity index is 270. The zero-order valence-electron chi connectivity index (χ0n) is 6.83. The van der Waals surface area contributed by atoms with Crippen LogP contribution < -0.4 is 11.1 Å². The van der Waals surface area contributed by atoms with E-state index in [1.54, 1.807) is 12.4 Å². The van der Waals surface area contributed by atoms with Crippen molar-refractivity contribution in [3.63, 3.8) is 0 Å². The van der Waals surface area contributed by atoms with Gasteiger partial charge in [0, 0.05) is 25.0 Å². The van der Waals surface area contributed by atoms with E-state index < -0.39 is 0 Å². The average molecular weight is 164 g/mol. The molecule has 0 atom stereocenters. The lowest BCUT2D eigenvalue weighted by atomic mass is 10.4. The minimum absolute atomic E-state index is 0.447. The maximum atomic E-state index is 5.50. The standard InChI is InChI=1S/C8H12N4/c9-5-7-8(11-4-3-10-7)12-6-1-2-6/h3-4,6H,1-2,5,9H2,(H,11,12). The van der Waals surface area contributed by atoms with Crippen LogP contribution in [0.5, 0.6) is 0 Å². The summed E-state index contributed by atoms with van der Waals surface area (Å²) in [6.07, 6.45) is 5.82. The Kier molecular flexibility index (Phi) is 1.91. The van der Waals surface area contributed by atoms with E-state index in [-0.39, 0.29) is 0 Å². The van der Waals surface area contributed by atoms with Crippen LogP contribution in [0.4, 0.5) is 5.82 Å². The molecule has 0 saturated heterocycles. The van der Waals surface area contributed by atoms with Gasteiger partial charge in [0.05, 0.1) is 5.69 Å². The van der Waals surface area contributed by atoms with E-state index in [1.165, 1.54) is 12.8 Å². The van der Waals surface area contributed by atoms with Crippen molar-refractivity contribution in [3.05, 3.63) is 18.1 Å². The summed E-state index contributed by atoms with van der Waals surface area (Å²) in [5.41, 5.74) is 6.36. The summed E-state index contributed by atoms with van der Waals surface area (Å²) in [6.45, 7) is 0.447. The quantitative estimate of drug-likeness (QED) is 0.683. The zero-order chi connectivity index (χ0) is 8.39. The highest BCUT2D eigenvalue weighted by atomic mass is 15.1. The second-order valence-corrected chi connectivity index (χ2v) is 2.97. The van der Waals surface area contributed by atoms with E-state index >= 15 is 0 Å².